The van der Waals surface area contributed by atoms with Gasteiger partial charge in [-0.25, -0.2) is 0 Å². The second-order valence-electron chi connectivity index (χ2n) is 5.79. The van der Waals surface area contributed by atoms with Gasteiger partial charge in [-0.1, -0.05) is 60.7 Å². The lowest BCUT2D eigenvalue weighted by Gasteiger charge is -2.41. The average molecular weight is 334 g/mol. The molecule has 0 saturated carbocycles. The molecule has 1 atom stereocenters. The number of hydrogen-bond donors (Lipinski definition) is 0. The largest absolute Gasteiger partial charge is 0.344 e. The van der Waals surface area contributed by atoms with Gasteiger partial charge < -0.3 is 9.47 Å². The molecule has 1 aliphatic heterocycles. The fourth-order valence-corrected chi connectivity index (χ4v) is 2.86. The van der Waals surface area contributed by atoms with Gasteiger partial charge in [0.05, 0.1) is 19.8 Å². The van der Waals surface area contributed by atoms with E-state index in [1.807, 2.05) is 24.3 Å². The quantitative estimate of drug-likeness (QED) is 0.836. The highest BCUT2D eigenvalue weighted by Gasteiger charge is 2.38. The molecule has 0 aromatic heterocycles. The molecule has 2 aromatic rings. The summed E-state index contributed by atoms with van der Waals surface area (Å²) in [5.74, 6) is -0.650. The van der Waals surface area contributed by atoms with E-state index < -0.39 is 5.79 Å². The maximum atomic E-state index is 6.27. The van der Waals surface area contributed by atoms with Crippen molar-refractivity contribution in [1.29, 1.82) is 0 Å². The number of nitrogens with zero attached hydrogens (tertiary/aromatic N) is 1. The molecular weight excluding hydrogens is 310 g/mol. The van der Waals surface area contributed by atoms with Crippen LogP contribution in [-0.4, -0.2) is 38.3 Å². The third-order valence-electron chi connectivity index (χ3n) is 4.07. The van der Waals surface area contributed by atoms with Crippen LogP contribution in [0.15, 0.2) is 60.7 Å². The lowest BCUT2D eigenvalue weighted by molar-refractivity contribution is -0.274. The Morgan fingerprint density at radius 2 is 1.70 bits per heavy atom. The Kier molecular flexibility index (Phi) is 6.60. The predicted molar refractivity (Wildman–Crippen MR) is 94.9 cm³/mol. The number of halogens is 1. The second kappa shape index (κ2) is 8.46. The van der Waals surface area contributed by atoms with E-state index in [4.69, 9.17) is 9.47 Å². The third kappa shape index (κ3) is 4.55. The lowest BCUT2D eigenvalue weighted by atomic mass is 10.0. The fraction of sp³-hybridized carbons (Fsp3) is 0.368. The van der Waals surface area contributed by atoms with Crippen molar-refractivity contribution in [3.63, 3.8) is 0 Å². The fourth-order valence-electron chi connectivity index (χ4n) is 2.86. The van der Waals surface area contributed by atoms with Crippen LogP contribution in [0.5, 0.6) is 0 Å². The molecule has 23 heavy (non-hydrogen) atoms. The molecule has 0 amide bonds. The summed E-state index contributed by atoms with van der Waals surface area (Å²) in [5, 5.41) is 0. The molecule has 0 radical (unpaired) electrons. The van der Waals surface area contributed by atoms with Crippen molar-refractivity contribution >= 4 is 12.4 Å². The summed E-state index contributed by atoms with van der Waals surface area (Å²) in [6.45, 7) is 3.03. The van der Waals surface area contributed by atoms with Crippen LogP contribution in [0.25, 0.3) is 0 Å². The van der Waals surface area contributed by atoms with Crippen molar-refractivity contribution in [2.24, 2.45) is 0 Å². The first-order valence-corrected chi connectivity index (χ1v) is 7.84. The number of hydrogen-bond acceptors (Lipinski definition) is 3. The summed E-state index contributed by atoms with van der Waals surface area (Å²) in [5.41, 5.74) is 2.38. The van der Waals surface area contributed by atoms with Crippen LogP contribution >= 0.6 is 12.4 Å². The molecule has 4 heteroatoms. The minimum Gasteiger partial charge on any atom is -0.344 e. The van der Waals surface area contributed by atoms with Crippen LogP contribution in [0.2, 0.25) is 0 Å². The topological polar surface area (TPSA) is 21.7 Å². The van der Waals surface area contributed by atoms with Crippen molar-refractivity contribution in [1.82, 2.24) is 4.90 Å². The first-order chi connectivity index (χ1) is 10.8. The van der Waals surface area contributed by atoms with E-state index in [-0.39, 0.29) is 12.4 Å². The Bertz CT molecular complexity index is 578. The maximum absolute atomic E-state index is 6.27. The molecule has 0 spiro atoms. The van der Waals surface area contributed by atoms with Crippen LogP contribution in [0, 0.1) is 0 Å². The van der Waals surface area contributed by atoms with E-state index in [2.05, 4.69) is 48.3 Å². The molecule has 124 valence electrons. The SMILES string of the molecule is CN1CCOC(OCCc2ccccc2)(c2ccccc2)C1.Cl. The molecule has 0 N–H and O–H groups in total. The van der Waals surface area contributed by atoms with Gasteiger partial charge in [0.2, 0.25) is 5.79 Å². The zero-order chi connectivity index (χ0) is 15.3. The van der Waals surface area contributed by atoms with Crippen molar-refractivity contribution in [3.8, 4) is 0 Å². The van der Waals surface area contributed by atoms with Gasteiger partial charge in [-0.2, -0.15) is 0 Å². The van der Waals surface area contributed by atoms with Gasteiger partial charge in [0.1, 0.15) is 0 Å². The number of morpholine rings is 1. The zero-order valence-electron chi connectivity index (χ0n) is 13.5. The summed E-state index contributed by atoms with van der Waals surface area (Å²) < 4.78 is 12.4. The number of likely N-dealkylation sites (N-methyl/N-ethyl adjacent to an activating group) is 1. The highest BCUT2D eigenvalue weighted by Crippen LogP contribution is 2.31. The molecule has 1 fully saturated rings. The number of ether oxygens (including phenoxy) is 2. The van der Waals surface area contributed by atoms with E-state index in [9.17, 15) is 0 Å². The van der Waals surface area contributed by atoms with Crippen LogP contribution in [0.4, 0.5) is 0 Å². The Morgan fingerprint density at radius 1 is 1.04 bits per heavy atom. The first-order valence-electron chi connectivity index (χ1n) is 7.84. The van der Waals surface area contributed by atoms with Crippen LogP contribution < -0.4 is 0 Å². The van der Waals surface area contributed by atoms with Crippen LogP contribution in [-0.2, 0) is 21.7 Å². The minimum atomic E-state index is -0.650. The van der Waals surface area contributed by atoms with Gasteiger partial charge in [0.25, 0.3) is 0 Å². The second-order valence-corrected chi connectivity index (χ2v) is 5.79. The molecule has 1 unspecified atom stereocenters. The molecule has 0 bridgehead atoms. The summed E-state index contributed by atoms with van der Waals surface area (Å²) >= 11 is 0. The highest BCUT2D eigenvalue weighted by molar-refractivity contribution is 5.85. The predicted octanol–water partition coefficient (Wildman–Crippen LogP) is 3.48. The normalized spacial score (nSPS) is 21.6. The van der Waals surface area contributed by atoms with Gasteiger partial charge in [-0.3, -0.25) is 4.90 Å². The summed E-state index contributed by atoms with van der Waals surface area (Å²) in [4.78, 5) is 2.26. The number of rotatable bonds is 5. The smallest absolute Gasteiger partial charge is 0.208 e. The lowest BCUT2D eigenvalue weighted by Crippen LogP contribution is -2.50. The van der Waals surface area contributed by atoms with E-state index in [0.717, 1.165) is 25.1 Å². The standard InChI is InChI=1S/C19H23NO2.ClH/c1-20-13-15-22-19(16-20,18-10-6-3-7-11-18)21-14-12-17-8-4-2-5-9-17;/h2-11H,12-16H2,1H3;1H. The zero-order valence-corrected chi connectivity index (χ0v) is 14.3. The Hall–Kier alpha value is -1.39. The number of benzene rings is 2. The monoisotopic (exact) mass is 333 g/mol. The Balaban J connectivity index is 0.00000192. The summed E-state index contributed by atoms with van der Waals surface area (Å²) in [6.07, 6.45) is 0.891. The molecule has 0 aliphatic carbocycles. The van der Waals surface area contributed by atoms with Gasteiger partial charge in [0, 0.05) is 12.1 Å². The van der Waals surface area contributed by atoms with Gasteiger partial charge in [-0.15, -0.1) is 12.4 Å². The summed E-state index contributed by atoms with van der Waals surface area (Å²) in [7, 11) is 2.11. The molecule has 1 saturated heterocycles. The van der Waals surface area contributed by atoms with Crippen LogP contribution in [0.1, 0.15) is 11.1 Å². The first kappa shape index (κ1) is 18.0. The molecule has 1 aliphatic rings. The van der Waals surface area contributed by atoms with Gasteiger partial charge in [0.15, 0.2) is 0 Å². The Labute approximate surface area is 144 Å². The van der Waals surface area contributed by atoms with Crippen molar-refractivity contribution in [3.05, 3.63) is 71.8 Å². The van der Waals surface area contributed by atoms with E-state index >= 15 is 0 Å². The minimum absolute atomic E-state index is 0. The maximum Gasteiger partial charge on any atom is 0.208 e. The van der Waals surface area contributed by atoms with E-state index in [1.54, 1.807) is 0 Å². The highest BCUT2D eigenvalue weighted by atomic mass is 35.5. The molecule has 3 rings (SSSR count). The molecule has 1 heterocycles. The van der Waals surface area contributed by atoms with Gasteiger partial charge in [-0.05, 0) is 19.0 Å². The molecular formula is C19H24ClNO2. The van der Waals surface area contributed by atoms with E-state index in [0.29, 0.717) is 13.2 Å². The van der Waals surface area contributed by atoms with Crippen molar-refractivity contribution < 1.29 is 9.47 Å². The Morgan fingerprint density at radius 3 is 2.35 bits per heavy atom. The summed E-state index contributed by atoms with van der Waals surface area (Å²) in [6, 6.07) is 20.7. The molecule has 3 nitrogen and oxygen atoms in total. The van der Waals surface area contributed by atoms with Crippen LogP contribution in [0.3, 0.4) is 0 Å². The van der Waals surface area contributed by atoms with Crippen molar-refractivity contribution in [2.45, 2.75) is 12.2 Å². The van der Waals surface area contributed by atoms with Gasteiger partial charge >= 0.3 is 0 Å². The van der Waals surface area contributed by atoms with E-state index in [1.165, 1.54) is 5.56 Å². The third-order valence-corrected chi connectivity index (χ3v) is 4.07. The average Bonchev–Trinajstić information content (AvgIpc) is 2.57. The molecule has 2 aromatic carbocycles. The van der Waals surface area contributed by atoms with Crippen molar-refractivity contribution in [2.75, 3.05) is 33.4 Å².